The Labute approximate surface area is 281 Å². The zero-order valence-electron chi connectivity index (χ0n) is 26.2. The highest BCUT2D eigenvalue weighted by molar-refractivity contribution is 6.14. The summed E-state index contributed by atoms with van der Waals surface area (Å²) in [7, 11) is 0. The Morgan fingerprint density at radius 3 is 1.82 bits per heavy atom. The third-order valence-electron chi connectivity index (χ3n) is 9.30. The molecule has 5 heteroatoms. The van der Waals surface area contributed by atoms with E-state index in [4.69, 9.17) is 24.4 Å². The lowest BCUT2D eigenvalue weighted by Crippen LogP contribution is -1.96. The topological polar surface area (TPSA) is 64.7 Å². The van der Waals surface area contributed by atoms with Gasteiger partial charge in [-0.2, -0.15) is 0 Å². The maximum Gasteiger partial charge on any atom is 0.180 e. The Hall–Kier alpha value is -6.72. The number of hydrogen-bond acceptors (Lipinski definition) is 5. The Bertz CT molecular complexity index is 2880. The van der Waals surface area contributed by atoms with E-state index < -0.39 is 0 Å². The van der Waals surface area contributed by atoms with Crippen molar-refractivity contribution in [1.82, 2.24) is 19.9 Å². The van der Waals surface area contributed by atoms with E-state index in [1.54, 1.807) is 0 Å². The van der Waals surface area contributed by atoms with Gasteiger partial charge in [0.25, 0.3) is 0 Å². The van der Waals surface area contributed by atoms with E-state index in [9.17, 15) is 0 Å². The second kappa shape index (κ2) is 10.9. The van der Waals surface area contributed by atoms with Crippen molar-refractivity contribution >= 4 is 54.5 Å². The first-order chi connectivity index (χ1) is 24.3. The first-order valence-electron chi connectivity index (χ1n) is 16.3. The van der Waals surface area contributed by atoms with Crippen molar-refractivity contribution in [1.29, 1.82) is 0 Å². The molecule has 0 aliphatic carbocycles. The summed E-state index contributed by atoms with van der Waals surface area (Å²) in [6.45, 7) is 0. The maximum absolute atomic E-state index is 6.48. The summed E-state index contributed by atoms with van der Waals surface area (Å²) in [6, 6.07) is 53.9. The van der Waals surface area contributed by atoms with Crippen LogP contribution in [0.3, 0.4) is 0 Å². The van der Waals surface area contributed by atoms with E-state index in [-0.39, 0.29) is 0 Å². The van der Waals surface area contributed by atoms with E-state index in [2.05, 4.69) is 91.0 Å². The highest BCUT2D eigenvalue weighted by Crippen LogP contribution is 2.39. The van der Waals surface area contributed by atoms with E-state index in [0.29, 0.717) is 17.2 Å². The van der Waals surface area contributed by atoms with Gasteiger partial charge in [-0.15, -0.1) is 0 Å². The summed E-state index contributed by atoms with van der Waals surface area (Å²) in [5.41, 5.74) is 8.68. The Kier molecular flexibility index (Phi) is 6.11. The quantitative estimate of drug-likeness (QED) is 0.182. The summed E-state index contributed by atoms with van der Waals surface area (Å²) >= 11 is 0. The van der Waals surface area contributed by atoms with Crippen molar-refractivity contribution < 1.29 is 4.42 Å². The van der Waals surface area contributed by atoms with Crippen molar-refractivity contribution in [2.24, 2.45) is 0 Å². The number of para-hydroxylation sites is 2. The van der Waals surface area contributed by atoms with Gasteiger partial charge in [-0.1, -0.05) is 133 Å². The second-order valence-electron chi connectivity index (χ2n) is 12.2. The summed E-state index contributed by atoms with van der Waals surface area (Å²) in [4.78, 5) is 20.4. The van der Waals surface area contributed by atoms with Gasteiger partial charge >= 0.3 is 0 Å². The molecule has 0 aliphatic heterocycles. The molecule has 3 heterocycles. The SMILES string of the molecule is c1ccc(-c2nc(-c3ccc(-c4nc(-c5cc6ccccc6c6ccccc56)nc5c4oc4ccccc45)cc3)c3ccccc3n2)cc1. The molecule has 49 heavy (non-hydrogen) atoms. The van der Waals surface area contributed by atoms with Crippen LogP contribution >= 0.6 is 0 Å². The van der Waals surface area contributed by atoms with Crippen LogP contribution in [0, 0.1) is 0 Å². The molecule has 0 atom stereocenters. The van der Waals surface area contributed by atoms with Crippen LogP contribution in [0.2, 0.25) is 0 Å². The molecule has 0 aliphatic rings. The zero-order chi connectivity index (χ0) is 32.3. The predicted octanol–water partition coefficient (Wildman–Crippen LogP) is 11.3. The number of nitrogens with zero attached hydrogens (tertiary/aromatic N) is 4. The van der Waals surface area contributed by atoms with Gasteiger partial charge in [0.05, 0.1) is 11.2 Å². The molecule has 7 aromatic carbocycles. The molecule has 3 aromatic heterocycles. The fourth-order valence-corrected chi connectivity index (χ4v) is 6.95. The fourth-order valence-electron chi connectivity index (χ4n) is 6.95. The molecule has 0 amide bonds. The first kappa shape index (κ1) is 27.4. The molecule has 228 valence electrons. The van der Waals surface area contributed by atoms with Crippen molar-refractivity contribution in [2.45, 2.75) is 0 Å². The lowest BCUT2D eigenvalue weighted by Gasteiger charge is -2.12. The normalized spacial score (nSPS) is 11.7. The van der Waals surface area contributed by atoms with Crippen molar-refractivity contribution in [3.05, 3.63) is 158 Å². The van der Waals surface area contributed by atoms with E-state index in [1.807, 2.05) is 66.7 Å². The van der Waals surface area contributed by atoms with Crippen LogP contribution in [-0.2, 0) is 0 Å². The lowest BCUT2D eigenvalue weighted by molar-refractivity contribution is 0.667. The highest BCUT2D eigenvalue weighted by Gasteiger charge is 2.20. The number of rotatable bonds is 4. The van der Waals surface area contributed by atoms with Gasteiger partial charge in [-0.05, 0) is 45.8 Å². The third kappa shape index (κ3) is 4.48. The van der Waals surface area contributed by atoms with E-state index in [1.165, 1.54) is 10.8 Å². The van der Waals surface area contributed by atoms with Crippen LogP contribution in [-0.4, -0.2) is 19.9 Å². The van der Waals surface area contributed by atoms with Gasteiger partial charge in [0.2, 0.25) is 0 Å². The molecule has 0 saturated carbocycles. The Morgan fingerprint density at radius 1 is 0.388 bits per heavy atom. The Balaban J connectivity index is 1.18. The molecular weight excluding hydrogens is 601 g/mol. The van der Waals surface area contributed by atoms with Crippen LogP contribution < -0.4 is 0 Å². The molecule has 5 nitrogen and oxygen atoms in total. The van der Waals surface area contributed by atoms with Crippen LogP contribution in [0.25, 0.3) is 99.8 Å². The van der Waals surface area contributed by atoms with Crippen molar-refractivity contribution in [3.8, 4) is 45.3 Å². The molecule has 10 rings (SSSR count). The smallest absolute Gasteiger partial charge is 0.180 e. The van der Waals surface area contributed by atoms with Crippen LogP contribution in [0.1, 0.15) is 0 Å². The first-order valence-corrected chi connectivity index (χ1v) is 16.3. The number of aromatic nitrogens is 4. The predicted molar refractivity (Wildman–Crippen MR) is 199 cm³/mol. The van der Waals surface area contributed by atoms with Crippen molar-refractivity contribution in [3.63, 3.8) is 0 Å². The van der Waals surface area contributed by atoms with Crippen LogP contribution in [0.4, 0.5) is 0 Å². The second-order valence-corrected chi connectivity index (χ2v) is 12.2. The molecule has 0 radical (unpaired) electrons. The molecule has 0 saturated heterocycles. The van der Waals surface area contributed by atoms with Gasteiger partial charge in [0.15, 0.2) is 17.2 Å². The highest BCUT2D eigenvalue weighted by atomic mass is 16.3. The minimum Gasteiger partial charge on any atom is -0.452 e. The van der Waals surface area contributed by atoms with Gasteiger partial charge in [0.1, 0.15) is 16.8 Å². The molecule has 0 fully saturated rings. The number of benzene rings is 7. The number of furan rings is 1. The molecular formula is C44H26N4O. The maximum atomic E-state index is 6.48. The standard InChI is InChI=1S/C44H26N4O/c1-2-12-29(13-3-1)43-45-37-20-10-8-18-34(37)39(46-43)27-22-24-28(25-23-27)40-42-41(35-19-9-11-21-38(35)49-42)48-44(47-40)36-26-30-14-4-5-15-31(30)32-16-6-7-17-33(32)36/h1-26H. The summed E-state index contributed by atoms with van der Waals surface area (Å²) in [5, 5.41) is 6.61. The monoisotopic (exact) mass is 626 g/mol. The van der Waals surface area contributed by atoms with Gasteiger partial charge in [0, 0.05) is 33.0 Å². The largest absolute Gasteiger partial charge is 0.452 e. The average molecular weight is 627 g/mol. The number of hydrogen-bond donors (Lipinski definition) is 0. The molecule has 10 aromatic rings. The minimum atomic E-state index is 0.661. The minimum absolute atomic E-state index is 0.661. The summed E-state index contributed by atoms with van der Waals surface area (Å²) in [6.07, 6.45) is 0. The van der Waals surface area contributed by atoms with E-state index >= 15 is 0 Å². The number of fused-ring (bicyclic) bond motifs is 7. The zero-order valence-corrected chi connectivity index (χ0v) is 26.2. The fraction of sp³-hybridized carbons (Fsp3) is 0. The summed E-state index contributed by atoms with van der Waals surface area (Å²) < 4.78 is 6.48. The third-order valence-corrected chi connectivity index (χ3v) is 9.30. The van der Waals surface area contributed by atoms with Crippen LogP contribution in [0.5, 0.6) is 0 Å². The van der Waals surface area contributed by atoms with Crippen LogP contribution in [0.15, 0.2) is 162 Å². The van der Waals surface area contributed by atoms with Gasteiger partial charge in [-0.3, -0.25) is 0 Å². The lowest BCUT2D eigenvalue weighted by atomic mass is 9.96. The molecule has 0 unspecified atom stereocenters. The van der Waals surface area contributed by atoms with E-state index in [0.717, 1.165) is 71.8 Å². The van der Waals surface area contributed by atoms with Crippen molar-refractivity contribution in [2.75, 3.05) is 0 Å². The Morgan fingerprint density at radius 2 is 1.00 bits per heavy atom. The summed E-state index contributed by atoms with van der Waals surface area (Å²) in [5.74, 6) is 1.36. The molecule has 0 N–H and O–H groups in total. The molecule has 0 spiro atoms. The van der Waals surface area contributed by atoms with Gasteiger partial charge < -0.3 is 4.42 Å². The molecule has 0 bridgehead atoms. The average Bonchev–Trinajstić information content (AvgIpc) is 3.56. The van der Waals surface area contributed by atoms with Gasteiger partial charge in [-0.25, -0.2) is 19.9 Å².